The van der Waals surface area contributed by atoms with E-state index < -0.39 is 11.9 Å². The van der Waals surface area contributed by atoms with Crippen LogP contribution in [0.2, 0.25) is 0 Å². The highest BCUT2D eigenvalue weighted by atomic mass is 16.4. The quantitative estimate of drug-likeness (QED) is 0.835. The fraction of sp³-hybridized carbons (Fsp3) is 0.846. The van der Waals surface area contributed by atoms with Crippen molar-refractivity contribution in [2.45, 2.75) is 40.2 Å². The molecule has 0 aromatic rings. The summed E-state index contributed by atoms with van der Waals surface area (Å²) in [5, 5.41) is 9.08. The summed E-state index contributed by atoms with van der Waals surface area (Å²) >= 11 is 0. The molecule has 1 heterocycles. The largest absolute Gasteiger partial charge is 0.481 e. The molecular formula is C13H24N2O3. The third-order valence-corrected chi connectivity index (χ3v) is 3.91. The van der Waals surface area contributed by atoms with E-state index in [1.54, 1.807) is 4.90 Å². The topological polar surface area (TPSA) is 60.9 Å². The number of urea groups is 1. The van der Waals surface area contributed by atoms with Gasteiger partial charge in [0.15, 0.2) is 0 Å². The van der Waals surface area contributed by atoms with E-state index in [1.807, 2.05) is 32.6 Å². The van der Waals surface area contributed by atoms with E-state index in [4.69, 9.17) is 5.11 Å². The van der Waals surface area contributed by atoms with E-state index in [-0.39, 0.29) is 18.0 Å². The molecule has 1 rings (SSSR count). The van der Waals surface area contributed by atoms with E-state index in [0.29, 0.717) is 19.6 Å². The highest BCUT2D eigenvalue weighted by molar-refractivity contribution is 5.78. The number of rotatable bonds is 4. The van der Waals surface area contributed by atoms with Crippen LogP contribution in [0.4, 0.5) is 4.79 Å². The maximum Gasteiger partial charge on any atom is 0.320 e. The second-order valence-electron chi connectivity index (χ2n) is 5.15. The lowest BCUT2D eigenvalue weighted by Gasteiger charge is -2.31. The third-order valence-electron chi connectivity index (χ3n) is 3.91. The van der Waals surface area contributed by atoms with E-state index in [9.17, 15) is 9.59 Å². The zero-order valence-corrected chi connectivity index (χ0v) is 11.7. The van der Waals surface area contributed by atoms with E-state index in [1.165, 1.54) is 0 Å². The van der Waals surface area contributed by atoms with Crippen LogP contribution in [0.5, 0.6) is 0 Å². The molecule has 1 unspecified atom stereocenters. The average Bonchev–Trinajstić information content (AvgIpc) is 2.71. The molecule has 1 aliphatic rings. The molecule has 0 radical (unpaired) electrons. The monoisotopic (exact) mass is 256 g/mol. The molecular weight excluding hydrogens is 232 g/mol. The number of hydrogen-bond donors (Lipinski definition) is 1. The van der Waals surface area contributed by atoms with Crippen LogP contribution in [0.25, 0.3) is 0 Å². The van der Waals surface area contributed by atoms with Gasteiger partial charge in [-0.3, -0.25) is 4.79 Å². The normalized spacial score (nSPS) is 25.0. The fourth-order valence-electron chi connectivity index (χ4n) is 2.48. The molecule has 0 spiro atoms. The molecule has 1 saturated heterocycles. The van der Waals surface area contributed by atoms with Crippen LogP contribution in [0, 0.1) is 11.8 Å². The second kappa shape index (κ2) is 6.07. The van der Waals surface area contributed by atoms with Gasteiger partial charge in [-0.25, -0.2) is 4.79 Å². The van der Waals surface area contributed by atoms with Gasteiger partial charge in [0.25, 0.3) is 0 Å². The molecule has 3 atom stereocenters. The van der Waals surface area contributed by atoms with Crippen molar-refractivity contribution in [3.63, 3.8) is 0 Å². The van der Waals surface area contributed by atoms with Gasteiger partial charge in [-0.2, -0.15) is 0 Å². The Bertz CT molecular complexity index is 319. The fourth-order valence-corrected chi connectivity index (χ4v) is 2.48. The summed E-state index contributed by atoms with van der Waals surface area (Å²) in [6, 6.07) is 0.170. The number of amides is 2. The minimum atomic E-state index is -0.801. The summed E-state index contributed by atoms with van der Waals surface area (Å²) in [5.41, 5.74) is 0. The van der Waals surface area contributed by atoms with Crippen LogP contribution < -0.4 is 0 Å². The highest BCUT2D eigenvalue weighted by Crippen LogP contribution is 2.24. The first-order chi connectivity index (χ1) is 8.42. The highest BCUT2D eigenvalue weighted by Gasteiger charge is 2.38. The second-order valence-corrected chi connectivity index (χ2v) is 5.15. The van der Waals surface area contributed by atoms with Crippen LogP contribution in [0.1, 0.15) is 34.1 Å². The van der Waals surface area contributed by atoms with Crippen molar-refractivity contribution in [3.05, 3.63) is 0 Å². The Morgan fingerprint density at radius 2 is 2.00 bits per heavy atom. The summed E-state index contributed by atoms with van der Waals surface area (Å²) in [6.07, 6.45) is 0.908. The van der Waals surface area contributed by atoms with E-state index in [2.05, 4.69) is 0 Å². The van der Waals surface area contributed by atoms with Gasteiger partial charge in [-0.15, -0.1) is 0 Å². The summed E-state index contributed by atoms with van der Waals surface area (Å²) in [6.45, 7) is 9.47. The van der Waals surface area contributed by atoms with Crippen molar-refractivity contribution >= 4 is 12.0 Å². The van der Waals surface area contributed by atoms with Gasteiger partial charge >= 0.3 is 12.0 Å². The zero-order valence-electron chi connectivity index (χ0n) is 11.7. The minimum Gasteiger partial charge on any atom is -0.481 e. The summed E-state index contributed by atoms with van der Waals surface area (Å²) in [5.74, 6) is -1.20. The van der Waals surface area contributed by atoms with Crippen LogP contribution in [-0.4, -0.2) is 52.6 Å². The Labute approximate surface area is 109 Å². The molecule has 18 heavy (non-hydrogen) atoms. The van der Waals surface area contributed by atoms with Gasteiger partial charge in [0.2, 0.25) is 0 Å². The average molecular weight is 256 g/mol. The molecule has 104 valence electrons. The van der Waals surface area contributed by atoms with Crippen molar-refractivity contribution < 1.29 is 14.7 Å². The molecule has 0 aromatic heterocycles. The predicted octanol–water partition coefficient (Wildman–Crippen LogP) is 1.88. The molecule has 1 fully saturated rings. The Morgan fingerprint density at radius 3 is 2.39 bits per heavy atom. The molecule has 0 saturated carbocycles. The maximum atomic E-state index is 12.3. The maximum absolute atomic E-state index is 12.3. The number of aliphatic carboxylic acids is 1. The SMILES string of the molecule is CCC(C)N(CC)C(=O)N1C[C@@H](C)[C@H](C(=O)O)C1. The van der Waals surface area contributed by atoms with Crippen molar-refractivity contribution in [2.75, 3.05) is 19.6 Å². The van der Waals surface area contributed by atoms with Gasteiger partial charge in [0.1, 0.15) is 0 Å². The van der Waals surface area contributed by atoms with Gasteiger partial charge < -0.3 is 14.9 Å². The minimum absolute atomic E-state index is 0.0255. The Kier molecular flexibility index (Phi) is 4.99. The van der Waals surface area contributed by atoms with Gasteiger partial charge in [-0.1, -0.05) is 13.8 Å². The van der Waals surface area contributed by atoms with Crippen LogP contribution in [0.15, 0.2) is 0 Å². The number of likely N-dealkylation sites (tertiary alicyclic amines) is 1. The Morgan fingerprint density at radius 1 is 1.39 bits per heavy atom. The molecule has 0 aromatic carbocycles. The molecule has 2 amide bonds. The number of hydrogen-bond acceptors (Lipinski definition) is 2. The first-order valence-corrected chi connectivity index (χ1v) is 6.70. The molecule has 0 aliphatic carbocycles. The summed E-state index contributed by atoms with van der Waals surface area (Å²) < 4.78 is 0. The number of carbonyl (C=O) groups is 2. The van der Waals surface area contributed by atoms with E-state index >= 15 is 0 Å². The molecule has 1 aliphatic heterocycles. The zero-order chi connectivity index (χ0) is 13.9. The molecule has 5 nitrogen and oxygen atoms in total. The first-order valence-electron chi connectivity index (χ1n) is 6.70. The van der Waals surface area contributed by atoms with Crippen molar-refractivity contribution in [1.29, 1.82) is 0 Å². The van der Waals surface area contributed by atoms with Crippen molar-refractivity contribution in [1.82, 2.24) is 9.80 Å². The van der Waals surface area contributed by atoms with Gasteiger partial charge in [-0.05, 0) is 26.2 Å². The van der Waals surface area contributed by atoms with Gasteiger partial charge in [0, 0.05) is 25.7 Å². The number of carboxylic acid groups (broad SMARTS) is 1. The van der Waals surface area contributed by atoms with E-state index in [0.717, 1.165) is 6.42 Å². The standard InChI is InChI=1S/C13H24N2O3/c1-5-10(4)15(6-2)13(18)14-7-9(3)11(8-14)12(16)17/h9-11H,5-8H2,1-4H3,(H,16,17)/t9-,10?,11-/m1/s1. The lowest BCUT2D eigenvalue weighted by Crippen LogP contribution is -2.46. The molecule has 5 heteroatoms. The number of carbonyl (C=O) groups excluding carboxylic acids is 1. The van der Waals surface area contributed by atoms with Crippen LogP contribution >= 0.6 is 0 Å². The Hall–Kier alpha value is -1.26. The van der Waals surface area contributed by atoms with Crippen LogP contribution in [0.3, 0.4) is 0 Å². The summed E-state index contributed by atoms with van der Waals surface area (Å²) in [7, 11) is 0. The third kappa shape index (κ3) is 2.94. The van der Waals surface area contributed by atoms with Crippen molar-refractivity contribution in [3.8, 4) is 0 Å². The Balaban J connectivity index is 2.71. The smallest absolute Gasteiger partial charge is 0.320 e. The van der Waals surface area contributed by atoms with Crippen molar-refractivity contribution in [2.24, 2.45) is 11.8 Å². The lowest BCUT2D eigenvalue weighted by molar-refractivity contribution is -0.142. The summed E-state index contributed by atoms with van der Waals surface area (Å²) in [4.78, 5) is 26.9. The predicted molar refractivity (Wildman–Crippen MR) is 69.4 cm³/mol. The molecule has 1 N–H and O–H groups in total. The number of carboxylic acids is 1. The lowest BCUT2D eigenvalue weighted by atomic mass is 9.99. The van der Waals surface area contributed by atoms with Gasteiger partial charge in [0.05, 0.1) is 5.92 Å². The van der Waals surface area contributed by atoms with Crippen LogP contribution in [-0.2, 0) is 4.79 Å². The molecule has 0 bridgehead atoms. The first kappa shape index (κ1) is 14.8. The number of nitrogens with zero attached hydrogens (tertiary/aromatic N) is 2.